The second kappa shape index (κ2) is 16.5. The molecule has 0 atom stereocenters. The maximum Gasteiger partial charge on any atom is 0.119 e. The predicted octanol–water partition coefficient (Wildman–Crippen LogP) is 7.84. The number of allylic oxidation sites excluding steroid dienone is 4. The molecule has 0 fully saturated rings. The topological polar surface area (TPSA) is 40.5 Å². The van der Waals surface area contributed by atoms with Gasteiger partial charge in [-0.15, -0.1) is 0 Å². The van der Waals surface area contributed by atoms with Crippen molar-refractivity contribution in [3.63, 3.8) is 0 Å². The van der Waals surface area contributed by atoms with E-state index in [-0.39, 0.29) is 11.5 Å². The molecule has 0 radical (unpaired) electrons. The molecule has 0 bridgehead atoms. The lowest BCUT2D eigenvalue weighted by molar-refractivity contribution is 0.449. The maximum atomic E-state index is 9.47. The van der Waals surface area contributed by atoms with Gasteiger partial charge in [0.05, 0.1) is 0 Å². The van der Waals surface area contributed by atoms with Crippen LogP contribution in [0.2, 0.25) is 0 Å². The first kappa shape index (κ1) is 23.3. The van der Waals surface area contributed by atoms with Crippen molar-refractivity contribution >= 4 is 0 Å². The van der Waals surface area contributed by atoms with Crippen molar-refractivity contribution in [2.24, 2.45) is 0 Å². The van der Waals surface area contributed by atoms with Gasteiger partial charge < -0.3 is 10.2 Å². The molecule has 0 aliphatic rings. The Morgan fingerprint density at radius 2 is 1.15 bits per heavy atom. The Bertz CT molecular complexity index is 511. The number of phenols is 2. The molecular formula is C25H40O2. The van der Waals surface area contributed by atoms with Crippen molar-refractivity contribution in [1.82, 2.24) is 0 Å². The van der Waals surface area contributed by atoms with Gasteiger partial charge in [-0.2, -0.15) is 0 Å². The summed E-state index contributed by atoms with van der Waals surface area (Å²) in [6, 6.07) is 4.87. The number of benzene rings is 1. The molecule has 2 nitrogen and oxygen atoms in total. The minimum Gasteiger partial charge on any atom is -0.508 e. The lowest BCUT2D eigenvalue weighted by atomic mass is 10.0. The number of hydrogen-bond acceptors (Lipinski definition) is 2. The third-order valence-corrected chi connectivity index (χ3v) is 4.88. The molecule has 1 rings (SSSR count). The first-order valence-corrected chi connectivity index (χ1v) is 11.0. The summed E-state index contributed by atoms with van der Waals surface area (Å²) in [5.41, 5.74) is 1.02. The number of rotatable bonds is 16. The fourth-order valence-corrected chi connectivity index (χ4v) is 3.29. The van der Waals surface area contributed by atoms with Crippen LogP contribution in [0.15, 0.2) is 42.5 Å². The van der Waals surface area contributed by atoms with Gasteiger partial charge in [0, 0.05) is 6.07 Å². The Morgan fingerprint density at radius 1 is 0.630 bits per heavy atom. The van der Waals surface area contributed by atoms with Gasteiger partial charge in [0.2, 0.25) is 0 Å². The summed E-state index contributed by atoms with van der Waals surface area (Å²) in [5.74, 6) is 0.309. The quantitative estimate of drug-likeness (QED) is 0.229. The van der Waals surface area contributed by atoms with Crippen molar-refractivity contribution in [3.05, 3.63) is 48.1 Å². The van der Waals surface area contributed by atoms with Crippen LogP contribution in [0.1, 0.15) is 96.0 Å². The van der Waals surface area contributed by atoms with Gasteiger partial charge in [0.15, 0.2) is 0 Å². The van der Waals surface area contributed by atoms with Gasteiger partial charge in [-0.1, -0.05) is 76.2 Å². The largest absolute Gasteiger partial charge is 0.508 e. The molecule has 27 heavy (non-hydrogen) atoms. The van der Waals surface area contributed by atoms with Gasteiger partial charge >= 0.3 is 0 Å². The third-order valence-electron chi connectivity index (χ3n) is 4.88. The van der Waals surface area contributed by atoms with Crippen LogP contribution in [0.3, 0.4) is 0 Å². The molecule has 0 saturated heterocycles. The molecule has 1 aromatic rings. The van der Waals surface area contributed by atoms with Crippen molar-refractivity contribution < 1.29 is 10.2 Å². The highest BCUT2D eigenvalue weighted by Crippen LogP contribution is 2.22. The summed E-state index contributed by atoms with van der Waals surface area (Å²) in [5, 5.41) is 18.9. The highest BCUT2D eigenvalue weighted by molar-refractivity contribution is 5.36. The van der Waals surface area contributed by atoms with Crippen LogP contribution in [0, 0.1) is 0 Å². The van der Waals surface area contributed by atoms with E-state index in [4.69, 9.17) is 0 Å². The van der Waals surface area contributed by atoms with Crippen LogP contribution >= 0.6 is 0 Å². The second-order valence-corrected chi connectivity index (χ2v) is 7.55. The van der Waals surface area contributed by atoms with E-state index < -0.39 is 0 Å². The SMILES string of the molecule is CCCCC/C=C\C/C=C\CCCCCCCCCc1cc(O)cc(O)c1. The fourth-order valence-electron chi connectivity index (χ4n) is 3.29. The van der Waals surface area contributed by atoms with E-state index in [1.165, 1.54) is 76.7 Å². The molecule has 0 aliphatic carbocycles. The molecule has 0 unspecified atom stereocenters. The molecule has 2 N–H and O–H groups in total. The summed E-state index contributed by atoms with van der Waals surface area (Å²) < 4.78 is 0. The van der Waals surface area contributed by atoms with Gasteiger partial charge in [-0.25, -0.2) is 0 Å². The molecule has 0 amide bonds. The van der Waals surface area contributed by atoms with Crippen LogP contribution in [-0.4, -0.2) is 10.2 Å². The zero-order valence-corrected chi connectivity index (χ0v) is 17.3. The molecule has 0 saturated carbocycles. The van der Waals surface area contributed by atoms with Crippen LogP contribution < -0.4 is 0 Å². The number of unbranched alkanes of at least 4 members (excludes halogenated alkanes) is 10. The van der Waals surface area contributed by atoms with E-state index in [0.717, 1.165) is 24.8 Å². The van der Waals surface area contributed by atoms with E-state index in [0.29, 0.717) is 0 Å². The zero-order valence-electron chi connectivity index (χ0n) is 17.3. The molecule has 0 heterocycles. The molecule has 0 aliphatic heterocycles. The second-order valence-electron chi connectivity index (χ2n) is 7.55. The van der Waals surface area contributed by atoms with E-state index >= 15 is 0 Å². The minimum absolute atomic E-state index is 0.155. The van der Waals surface area contributed by atoms with E-state index in [9.17, 15) is 10.2 Å². The summed E-state index contributed by atoms with van der Waals surface area (Å²) >= 11 is 0. The van der Waals surface area contributed by atoms with Gasteiger partial charge in [-0.05, 0) is 62.6 Å². The maximum absolute atomic E-state index is 9.47. The fraction of sp³-hybridized carbons (Fsp3) is 0.600. The molecule has 152 valence electrons. The average Bonchev–Trinajstić information content (AvgIpc) is 2.63. The number of phenolic OH excluding ortho intramolecular Hbond substituents is 2. The van der Waals surface area contributed by atoms with E-state index in [1.54, 1.807) is 12.1 Å². The summed E-state index contributed by atoms with van der Waals surface area (Å²) in [6.07, 6.45) is 26.6. The third kappa shape index (κ3) is 14.1. The van der Waals surface area contributed by atoms with Gasteiger partial charge in [-0.3, -0.25) is 0 Å². The van der Waals surface area contributed by atoms with Crippen LogP contribution in [0.5, 0.6) is 11.5 Å². The molecule has 1 aromatic carbocycles. The molecule has 0 aromatic heterocycles. The monoisotopic (exact) mass is 372 g/mol. The smallest absolute Gasteiger partial charge is 0.119 e. The van der Waals surface area contributed by atoms with E-state index in [2.05, 4.69) is 31.2 Å². The Morgan fingerprint density at radius 3 is 1.74 bits per heavy atom. The highest BCUT2D eigenvalue weighted by atomic mass is 16.3. The standard InChI is InChI=1S/C25H40O2/c1-2-3-4-5-6-7-8-9-10-11-12-13-14-15-16-17-18-19-23-20-24(26)22-25(27)21-23/h6-7,9-10,20-22,26-27H,2-5,8,11-19H2,1H3/b7-6-,10-9-. The molecule has 2 heteroatoms. The van der Waals surface area contributed by atoms with Crippen LogP contribution in [-0.2, 0) is 6.42 Å². The van der Waals surface area contributed by atoms with Crippen molar-refractivity contribution in [2.45, 2.75) is 96.8 Å². The summed E-state index contributed by atoms with van der Waals surface area (Å²) in [6.45, 7) is 2.25. The normalized spacial score (nSPS) is 11.7. The predicted molar refractivity (Wildman–Crippen MR) is 117 cm³/mol. The lowest BCUT2D eigenvalue weighted by Crippen LogP contribution is -1.86. The van der Waals surface area contributed by atoms with Crippen molar-refractivity contribution in [1.29, 1.82) is 0 Å². The van der Waals surface area contributed by atoms with Crippen LogP contribution in [0.25, 0.3) is 0 Å². The van der Waals surface area contributed by atoms with Gasteiger partial charge in [0.1, 0.15) is 11.5 Å². The summed E-state index contributed by atoms with van der Waals surface area (Å²) in [4.78, 5) is 0. The van der Waals surface area contributed by atoms with E-state index in [1.807, 2.05) is 0 Å². The first-order valence-electron chi connectivity index (χ1n) is 11.0. The van der Waals surface area contributed by atoms with Gasteiger partial charge in [0.25, 0.3) is 0 Å². The molecule has 0 spiro atoms. The highest BCUT2D eigenvalue weighted by Gasteiger charge is 1.99. The Kier molecular flexibility index (Phi) is 14.2. The lowest BCUT2D eigenvalue weighted by Gasteiger charge is -2.04. The number of aryl methyl sites for hydroxylation is 1. The Hall–Kier alpha value is -1.70. The van der Waals surface area contributed by atoms with Crippen molar-refractivity contribution in [2.75, 3.05) is 0 Å². The zero-order chi connectivity index (χ0) is 19.6. The molecular weight excluding hydrogens is 332 g/mol. The van der Waals surface area contributed by atoms with Crippen molar-refractivity contribution in [3.8, 4) is 11.5 Å². The number of aromatic hydroxyl groups is 2. The van der Waals surface area contributed by atoms with Crippen LogP contribution in [0.4, 0.5) is 0 Å². The first-order chi connectivity index (χ1) is 13.2. The average molecular weight is 373 g/mol. The summed E-state index contributed by atoms with van der Waals surface area (Å²) in [7, 11) is 0. The Balaban J connectivity index is 1.87. The Labute approximate surface area is 167 Å². The minimum atomic E-state index is 0.155. The number of hydrogen-bond donors (Lipinski definition) is 2.